The summed E-state index contributed by atoms with van der Waals surface area (Å²) < 4.78 is 11.1. The fraction of sp³-hybridized carbons (Fsp3) is 0.300. The summed E-state index contributed by atoms with van der Waals surface area (Å²) in [7, 11) is 0. The summed E-state index contributed by atoms with van der Waals surface area (Å²) in [6, 6.07) is 5.48. The predicted molar refractivity (Wildman–Crippen MR) is 97.7 cm³/mol. The van der Waals surface area contributed by atoms with E-state index in [9.17, 15) is 9.59 Å². The lowest BCUT2D eigenvalue weighted by Gasteiger charge is -2.38. The van der Waals surface area contributed by atoms with Crippen molar-refractivity contribution in [3.8, 4) is 18.1 Å². The zero-order valence-corrected chi connectivity index (χ0v) is 15.2. The summed E-state index contributed by atoms with van der Waals surface area (Å²) in [5, 5.41) is -0.752. The van der Waals surface area contributed by atoms with Crippen molar-refractivity contribution in [1.82, 2.24) is 4.90 Å². The molecule has 0 fully saturated rings. The molecule has 0 N–H and O–H groups in total. The maximum atomic E-state index is 12.6. The number of allylic oxidation sites excluding steroid dienone is 2. The molecule has 26 heavy (non-hydrogen) atoms. The average molecular weight is 372 g/mol. The number of carbonyl (C=O) groups is 2. The lowest BCUT2D eigenvalue weighted by Crippen LogP contribution is -2.50. The van der Waals surface area contributed by atoms with E-state index in [0.717, 1.165) is 10.5 Å². The zero-order valence-electron chi connectivity index (χ0n) is 14.5. The van der Waals surface area contributed by atoms with E-state index in [1.165, 1.54) is 6.20 Å². The van der Waals surface area contributed by atoms with Gasteiger partial charge in [0.2, 0.25) is 0 Å². The van der Waals surface area contributed by atoms with Gasteiger partial charge in [-0.2, -0.15) is 0 Å². The van der Waals surface area contributed by atoms with Gasteiger partial charge in [0, 0.05) is 18.2 Å². The Hall–Kier alpha value is -2.71. The summed E-state index contributed by atoms with van der Waals surface area (Å²) in [5.74, 6) is 2.79. The van der Waals surface area contributed by atoms with E-state index in [4.69, 9.17) is 27.5 Å². The van der Waals surface area contributed by atoms with Gasteiger partial charge in [0.25, 0.3) is 5.24 Å². The molecule has 1 atom stereocenters. The number of amides is 1. The SMILES string of the molecule is C#CCOC(=O)N1C=CC=CC1(C(=O)Cl)c1cccc2c1OC(C)(C)C2. The molecule has 134 valence electrons. The van der Waals surface area contributed by atoms with Gasteiger partial charge in [0.1, 0.15) is 11.4 Å². The highest BCUT2D eigenvalue weighted by atomic mass is 35.5. The van der Waals surface area contributed by atoms with Gasteiger partial charge in [-0.1, -0.05) is 30.2 Å². The first-order valence-corrected chi connectivity index (χ1v) is 8.46. The topological polar surface area (TPSA) is 55.8 Å². The fourth-order valence-corrected chi connectivity index (χ4v) is 3.56. The van der Waals surface area contributed by atoms with Crippen LogP contribution in [0.3, 0.4) is 0 Å². The molecule has 1 aromatic carbocycles. The van der Waals surface area contributed by atoms with Gasteiger partial charge in [0.15, 0.2) is 12.1 Å². The number of hydrogen-bond acceptors (Lipinski definition) is 4. The van der Waals surface area contributed by atoms with Gasteiger partial charge >= 0.3 is 6.09 Å². The summed E-state index contributed by atoms with van der Waals surface area (Å²) in [6.45, 7) is 3.71. The van der Waals surface area contributed by atoms with Crippen molar-refractivity contribution >= 4 is 22.9 Å². The Morgan fingerprint density at radius 3 is 2.85 bits per heavy atom. The molecule has 2 aliphatic rings. The molecule has 0 spiro atoms. The first-order valence-electron chi connectivity index (χ1n) is 8.09. The Labute approximate surface area is 157 Å². The minimum atomic E-state index is -1.58. The van der Waals surface area contributed by atoms with E-state index in [1.54, 1.807) is 24.3 Å². The monoisotopic (exact) mass is 371 g/mol. The molecular weight excluding hydrogens is 354 g/mol. The number of terminal acetylenes is 1. The largest absolute Gasteiger partial charge is 0.487 e. The number of para-hydroxylation sites is 1. The van der Waals surface area contributed by atoms with Crippen LogP contribution < -0.4 is 4.74 Å². The third-order valence-electron chi connectivity index (χ3n) is 4.34. The summed E-state index contributed by atoms with van der Waals surface area (Å²) in [5.41, 5.74) is -0.560. The molecule has 0 aliphatic carbocycles. The second kappa shape index (κ2) is 6.54. The predicted octanol–water partition coefficient (Wildman–Crippen LogP) is 3.52. The first-order chi connectivity index (χ1) is 12.3. The molecule has 1 unspecified atom stereocenters. The number of carbonyl (C=O) groups excluding carboxylic acids is 2. The van der Waals surface area contributed by atoms with Crippen molar-refractivity contribution in [2.75, 3.05) is 6.61 Å². The third kappa shape index (κ3) is 2.87. The molecule has 6 heteroatoms. The Morgan fingerprint density at radius 1 is 1.38 bits per heavy atom. The molecule has 0 aromatic heterocycles. The summed E-state index contributed by atoms with van der Waals surface area (Å²) >= 11 is 6.02. The number of nitrogens with zero attached hydrogens (tertiary/aromatic N) is 1. The lowest BCUT2D eigenvalue weighted by molar-refractivity contribution is -0.119. The Morgan fingerprint density at radius 2 is 2.15 bits per heavy atom. The average Bonchev–Trinajstić information content (AvgIpc) is 2.92. The molecule has 0 radical (unpaired) electrons. The van der Waals surface area contributed by atoms with Gasteiger partial charge in [-0.25, -0.2) is 4.79 Å². The Balaban J connectivity index is 2.16. The fourth-order valence-electron chi connectivity index (χ4n) is 3.31. The lowest BCUT2D eigenvalue weighted by atomic mass is 9.85. The zero-order chi connectivity index (χ0) is 18.9. The number of rotatable bonds is 3. The van der Waals surface area contributed by atoms with Crippen LogP contribution >= 0.6 is 11.6 Å². The van der Waals surface area contributed by atoms with Crippen LogP contribution in [0.1, 0.15) is 25.0 Å². The molecule has 0 saturated heterocycles. The van der Waals surface area contributed by atoms with Crippen LogP contribution in [0.4, 0.5) is 4.79 Å². The quantitative estimate of drug-likeness (QED) is 0.602. The maximum Gasteiger partial charge on any atom is 0.416 e. The Bertz CT molecular complexity index is 865. The maximum absolute atomic E-state index is 12.6. The molecule has 2 heterocycles. The highest BCUT2D eigenvalue weighted by Crippen LogP contribution is 2.46. The van der Waals surface area contributed by atoms with E-state index in [2.05, 4.69) is 5.92 Å². The second-order valence-electron chi connectivity index (χ2n) is 6.70. The molecule has 0 bridgehead atoms. The van der Waals surface area contributed by atoms with E-state index in [1.807, 2.05) is 26.0 Å². The van der Waals surface area contributed by atoms with E-state index < -0.39 is 22.5 Å². The van der Waals surface area contributed by atoms with Gasteiger partial charge in [-0.3, -0.25) is 9.69 Å². The van der Waals surface area contributed by atoms with E-state index >= 15 is 0 Å². The summed E-state index contributed by atoms with van der Waals surface area (Å²) in [4.78, 5) is 26.3. The van der Waals surface area contributed by atoms with E-state index in [-0.39, 0.29) is 6.61 Å². The molecule has 3 rings (SSSR count). The van der Waals surface area contributed by atoms with Crippen LogP contribution in [-0.2, 0) is 21.5 Å². The number of benzene rings is 1. The van der Waals surface area contributed by atoms with Crippen LogP contribution in [0.25, 0.3) is 0 Å². The van der Waals surface area contributed by atoms with Gasteiger partial charge in [-0.15, -0.1) is 6.42 Å². The van der Waals surface area contributed by atoms with Gasteiger partial charge in [0.05, 0.1) is 0 Å². The third-order valence-corrected chi connectivity index (χ3v) is 4.63. The molecule has 5 nitrogen and oxygen atoms in total. The second-order valence-corrected chi connectivity index (χ2v) is 7.05. The number of ether oxygens (including phenoxy) is 2. The van der Waals surface area contributed by atoms with Gasteiger partial charge in [-0.05, 0) is 43.2 Å². The first kappa shape index (κ1) is 18.1. The van der Waals surface area contributed by atoms with Crippen molar-refractivity contribution in [2.45, 2.75) is 31.4 Å². The standard InChI is InChI=1S/C20H18ClNO4/c1-4-12-25-18(24)22-11-6-5-10-20(22,17(21)23)15-9-7-8-14-13-19(2,3)26-16(14)15/h1,5-11H,12-13H2,2-3H3. The number of halogens is 1. The normalized spacial score (nSPS) is 22.3. The summed E-state index contributed by atoms with van der Waals surface area (Å²) in [6.07, 6.45) is 11.3. The highest BCUT2D eigenvalue weighted by molar-refractivity contribution is 6.66. The number of hydrogen-bond donors (Lipinski definition) is 0. The number of fused-ring (bicyclic) bond motifs is 1. The molecule has 2 aliphatic heterocycles. The van der Waals surface area contributed by atoms with Crippen LogP contribution in [-0.4, -0.2) is 28.4 Å². The van der Waals surface area contributed by atoms with Crippen molar-refractivity contribution in [3.05, 3.63) is 53.8 Å². The van der Waals surface area contributed by atoms with Crippen LogP contribution in [0.5, 0.6) is 5.75 Å². The van der Waals surface area contributed by atoms with Crippen molar-refractivity contribution in [2.24, 2.45) is 0 Å². The van der Waals surface area contributed by atoms with Gasteiger partial charge < -0.3 is 9.47 Å². The van der Waals surface area contributed by atoms with Crippen LogP contribution in [0, 0.1) is 12.3 Å². The Kier molecular flexibility index (Phi) is 4.55. The minimum absolute atomic E-state index is 0.212. The van der Waals surface area contributed by atoms with Crippen molar-refractivity contribution in [3.63, 3.8) is 0 Å². The molecular formula is C20H18ClNO4. The smallest absolute Gasteiger partial charge is 0.416 e. The minimum Gasteiger partial charge on any atom is -0.487 e. The van der Waals surface area contributed by atoms with E-state index in [0.29, 0.717) is 17.7 Å². The molecule has 1 aromatic rings. The van der Waals surface area contributed by atoms with Crippen molar-refractivity contribution in [1.29, 1.82) is 0 Å². The molecule has 1 amide bonds. The van der Waals surface area contributed by atoms with Crippen LogP contribution in [0.15, 0.2) is 42.6 Å². The van der Waals surface area contributed by atoms with Crippen molar-refractivity contribution < 1.29 is 19.1 Å². The van der Waals surface area contributed by atoms with Crippen LogP contribution in [0.2, 0.25) is 0 Å². The molecule has 0 saturated carbocycles. The highest BCUT2D eigenvalue weighted by Gasteiger charge is 2.49.